The third kappa shape index (κ3) is 6.42. The van der Waals surface area contributed by atoms with Gasteiger partial charge in [-0.1, -0.05) is 6.58 Å². The summed E-state index contributed by atoms with van der Waals surface area (Å²) in [6.45, 7) is 8.19. The second-order valence-corrected chi connectivity index (χ2v) is 5.29. The molecule has 21 heavy (non-hydrogen) atoms. The van der Waals surface area contributed by atoms with Crippen molar-refractivity contribution < 1.29 is 23.9 Å². The van der Waals surface area contributed by atoms with Crippen LogP contribution in [0.1, 0.15) is 39.5 Å². The third-order valence-corrected chi connectivity index (χ3v) is 3.03. The van der Waals surface area contributed by atoms with Gasteiger partial charge in [0.1, 0.15) is 6.61 Å². The summed E-state index contributed by atoms with van der Waals surface area (Å²) in [6, 6.07) is 0. The van der Waals surface area contributed by atoms with Gasteiger partial charge in [-0.25, -0.2) is 4.79 Å². The van der Waals surface area contributed by atoms with Crippen molar-refractivity contribution in [3.63, 3.8) is 0 Å². The van der Waals surface area contributed by atoms with Gasteiger partial charge in [0.15, 0.2) is 0 Å². The van der Waals surface area contributed by atoms with Gasteiger partial charge in [-0.3, -0.25) is 9.59 Å². The molecule has 0 aromatic heterocycles. The summed E-state index contributed by atoms with van der Waals surface area (Å²) in [5.41, 5.74) is 0.0608. The van der Waals surface area contributed by atoms with Gasteiger partial charge in [0.2, 0.25) is 5.91 Å². The van der Waals surface area contributed by atoms with Crippen LogP contribution in [0.5, 0.6) is 0 Å². The molecule has 1 aliphatic rings. The Morgan fingerprint density at radius 3 is 2.67 bits per heavy atom. The molecule has 1 heterocycles. The molecule has 0 radical (unpaired) electrons. The van der Waals surface area contributed by atoms with E-state index < -0.39 is 11.9 Å². The van der Waals surface area contributed by atoms with E-state index in [1.165, 1.54) is 0 Å². The second kappa shape index (κ2) is 8.44. The highest BCUT2D eigenvalue weighted by Gasteiger charge is 2.19. The minimum Gasteiger partial charge on any atom is -0.463 e. The molecule has 0 aromatic rings. The lowest BCUT2D eigenvalue weighted by molar-refractivity contribution is -0.149. The van der Waals surface area contributed by atoms with Crippen molar-refractivity contribution in [1.82, 2.24) is 4.90 Å². The molecule has 1 amide bonds. The van der Waals surface area contributed by atoms with Gasteiger partial charge >= 0.3 is 11.9 Å². The number of ether oxygens (including phenoxy) is 2. The van der Waals surface area contributed by atoms with Gasteiger partial charge in [-0.2, -0.15) is 0 Å². The van der Waals surface area contributed by atoms with Crippen LogP contribution in [0.4, 0.5) is 0 Å². The van der Waals surface area contributed by atoms with Gasteiger partial charge in [0.05, 0.1) is 19.1 Å². The van der Waals surface area contributed by atoms with E-state index >= 15 is 0 Å². The zero-order valence-corrected chi connectivity index (χ0v) is 12.7. The summed E-state index contributed by atoms with van der Waals surface area (Å²) in [5, 5.41) is 0. The predicted octanol–water partition coefficient (Wildman–Crippen LogP) is 1.44. The standard InChI is InChI=1S/C15H23NO5/c1-11(2)21-14(18)10-12(3)15(19)20-9-8-16-7-5-4-6-13(16)17/h11H,3-10H2,1-2H3. The Morgan fingerprint density at radius 1 is 1.33 bits per heavy atom. The monoisotopic (exact) mass is 297 g/mol. The second-order valence-electron chi connectivity index (χ2n) is 5.29. The zero-order valence-electron chi connectivity index (χ0n) is 12.7. The molecule has 0 saturated carbocycles. The van der Waals surface area contributed by atoms with Crippen LogP contribution in [0, 0.1) is 0 Å². The fraction of sp³-hybridized carbons (Fsp3) is 0.667. The Bertz CT molecular complexity index is 416. The van der Waals surface area contributed by atoms with Crippen LogP contribution >= 0.6 is 0 Å². The van der Waals surface area contributed by atoms with Gasteiger partial charge < -0.3 is 14.4 Å². The van der Waals surface area contributed by atoms with E-state index in [1.54, 1.807) is 18.7 Å². The molecule has 1 saturated heterocycles. The molecular weight excluding hydrogens is 274 g/mol. The molecule has 1 rings (SSSR count). The van der Waals surface area contributed by atoms with Crippen molar-refractivity contribution in [2.24, 2.45) is 0 Å². The Morgan fingerprint density at radius 2 is 2.05 bits per heavy atom. The Labute approximate surface area is 125 Å². The predicted molar refractivity (Wildman–Crippen MR) is 76.4 cm³/mol. The fourth-order valence-corrected chi connectivity index (χ4v) is 2.00. The highest BCUT2D eigenvalue weighted by molar-refractivity contribution is 5.93. The number of amides is 1. The number of carbonyl (C=O) groups excluding carboxylic acids is 3. The normalized spacial score (nSPS) is 15.0. The minimum absolute atomic E-state index is 0.0608. The molecule has 0 atom stereocenters. The lowest BCUT2D eigenvalue weighted by Crippen LogP contribution is -2.38. The Balaban J connectivity index is 2.25. The van der Waals surface area contributed by atoms with Crippen LogP contribution in [0.15, 0.2) is 12.2 Å². The van der Waals surface area contributed by atoms with Crippen molar-refractivity contribution in [3.05, 3.63) is 12.2 Å². The summed E-state index contributed by atoms with van der Waals surface area (Å²) >= 11 is 0. The van der Waals surface area contributed by atoms with E-state index in [2.05, 4.69) is 6.58 Å². The molecule has 0 aliphatic carbocycles. The quantitative estimate of drug-likeness (QED) is 0.525. The van der Waals surface area contributed by atoms with Crippen LogP contribution in [0.25, 0.3) is 0 Å². The zero-order chi connectivity index (χ0) is 15.8. The van der Waals surface area contributed by atoms with Crippen molar-refractivity contribution in [3.8, 4) is 0 Å². The highest BCUT2D eigenvalue weighted by Crippen LogP contribution is 2.10. The van der Waals surface area contributed by atoms with E-state index in [1.807, 2.05) is 0 Å². The average Bonchev–Trinajstić information content (AvgIpc) is 2.39. The molecule has 0 bridgehead atoms. The number of rotatable bonds is 7. The van der Waals surface area contributed by atoms with Crippen molar-refractivity contribution in [2.75, 3.05) is 19.7 Å². The number of hydrogen-bond donors (Lipinski definition) is 0. The van der Waals surface area contributed by atoms with Crippen molar-refractivity contribution in [2.45, 2.75) is 45.6 Å². The smallest absolute Gasteiger partial charge is 0.334 e. The largest absolute Gasteiger partial charge is 0.463 e. The first-order valence-electron chi connectivity index (χ1n) is 7.22. The number of carbonyl (C=O) groups is 3. The number of esters is 2. The van der Waals surface area contributed by atoms with Crippen LogP contribution in [-0.2, 0) is 23.9 Å². The molecule has 1 fully saturated rings. The molecule has 118 valence electrons. The molecule has 0 unspecified atom stereocenters. The molecule has 1 aliphatic heterocycles. The maximum absolute atomic E-state index is 11.7. The summed E-state index contributed by atoms with van der Waals surface area (Å²) in [6.07, 6.45) is 2.05. The van der Waals surface area contributed by atoms with E-state index in [9.17, 15) is 14.4 Å². The van der Waals surface area contributed by atoms with Crippen LogP contribution in [0.2, 0.25) is 0 Å². The lowest BCUT2D eigenvalue weighted by atomic mass is 10.1. The SMILES string of the molecule is C=C(CC(=O)OC(C)C)C(=O)OCCN1CCCCC1=O. The first-order chi connectivity index (χ1) is 9.90. The molecule has 0 spiro atoms. The number of piperidine rings is 1. The van der Waals surface area contributed by atoms with Gasteiger partial charge in [0, 0.05) is 18.5 Å². The summed E-state index contributed by atoms with van der Waals surface area (Å²) < 4.78 is 9.94. The molecule has 0 N–H and O–H groups in total. The third-order valence-electron chi connectivity index (χ3n) is 3.03. The molecule has 0 aromatic carbocycles. The van der Waals surface area contributed by atoms with Gasteiger partial charge in [0.25, 0.3) is 0 Å². The molecular formula is C15H23NO5. The van der Waals surface area contributed by atoms with Crippen molar-refractivity contribution >= 4 is 17.8 Å². The van der Waals surface area contributed by atoms with Crippen LogP contribution < -0.4 is 0 Å². The van der Waals surface area contributed by atoms with Crippen LogP contribution in [-0.4, -0.2) is 48.5 Å². The lowest BCUT2D eigenvalue weighted by Gasteiger charge is -2.26. The van der Waals surface area contributed by atoms with E-state index in [0.29, 0.717) is 19.5 Å². The average molecular weight is 297 g/mol. The van der Waals surface area contributed by atoms with E-state index in [-0.39, 0.29) is 30.6 Å². The van der Waals surface area contributed by atoms with Crippen molar-refractivity contribution in [1.29, 1.82) is 0 Å². The topological polar surface area (TPSA) is 72.9 Å². The van der Waals surface area contributed by atoms with E-state index in [0.717, 1.165) is 12.8 Å². The highest BCUT2D eigenvalue weighted by atomic mass is 16.5. The van der Waals surface area contributed by atoms with Gasteiger partial charge in [-0.15, -0.1) is 0 Å². The maximum Gasteiger partial charge on any atom is 0.334 e. The molecule has 6 heteroatoms. The Hall–Kier alpha value is -1.85. The molecule has 6 nitrogen and oxygen atoms in total. The number of hydrogen-bond acceptors (Lipinski definition) is 5. The Kier molecular flexibility index (Phi) is 6.91. The van der Waals surface area contributed by atoms with Gasteiger partial charge in [-0.05, 0) is 26.7 Å². The number of nitrogens with zero attached hydrogens (tertiary/aromatic N) is 1. The maximum atomic E-state index is 11.7. The first-order valence-corrected chi connectivity index (χ1v) is 7.22. The fourth-order valence-electron chi connectivity index (χ4n) is 2.00. The summed E-state index contributed by atoms with van der Waals surface area (Å²) in [5.74, 6) is -1.03. The van der Waals surface area contributed by atoms with Crippen LogP contribution in [0.3, 0.4) is 0 Å². The number of likely N-dealkylation sites (tertiary alicyclic amines) is 1. The summed E-state index contributed by atoms with van der Waals surface area (Å²) in [4.78, 5) is 36.3. The van der Waals surface area contributed by atoms with E-state index in [4.69, 9.17) is 9.47 Å². The minimum atomic E-state index is -0.625. The summed E-state index contributed by atoms with van der Waals surface area (Å²) in [7, 11) is 0. The first kappa shape index (κ1) is 17.2.